The molecule has 0 aliphatic carbocycles. The van der Waals surface area contributed by atoms with Crippen molar-refractivity contribution in [1.29, 1.82) is 0 Å². The van der Waals surface area contributed by atoms with Crippen molar-refractivity contribution in [2.24, 2.45) is 0 Å². The first-order valence-corrected chi connectivity index (χ1v) is 9.12. The van der Waals surface area contributed by atoms with Crippen LogP contribution >= 0.6 is 11.6 Å². The first-order chi connectivity index (χ1) is 12.5. The second-order valence-electron chi connectivity index (χ2n) is 6.60. The molecule has 1 atom stereocenters. The molecular weight excluding hydrogens is 348 g/mol. The number of aromatic hydroxyl groups is 1. The monoisotopic (exact) mass is 370 g/mol. The predicted octanol–water partition coefficient (Wildman–Crippen LogP) is 4.47. The Hall–Kier alpha value is -2.30. The molecule has 2 N–H and O–H groups in total. The van der Waals surface area contributed by atoms with Gasteiger partial charge in [0.25, 0.3) is 0 Å². The number of nitrogens with one attached hydrogen (secondary N) is 1. The number of phenolic OH excluding ortho intramolecular Hbond substituents is 1. The summed E-state index contributed by atoms with van der Waals surface area (Å²) in [5.41, 5.74) is 4.00. The van der Waals surface area contributed by atoms with Crippen LogP contribution in [0.4, 0.5) is 5.69 Å². The topological polar surface area (TPSA) is 52.6 Å². The zero-order valence-electron chi connectivity index (χ0n) is 15.0. The number of carbonyl (C=O) groups excluding carboxylic acids is 1. The Labute approximate surface area is 159 Å². The third-order valence-electron chi connectivity index (χ3n) is 4.93. The average Bonchev–Trinajstić information content (AvgIpc) is 2.65. The number of nitrogens with zero attached hydrogens (tertiary/aromatic N) is 1. The van der Waals surface area contributed by atoms with Gasteiger partial charge in [-0.2, -0.15) is 0 Å². The van der Waals surface area contributed by atoms with E-state index in [1.54, 1.807) is 12.1 Å². The van der Waals surface area contributed by atoms with Gasteiger partial charge in [-0.25, -0.2) is 0 Å². The second kappa shape index (κ2) is 7.94. The van der Waals surface area contributed by atoms with Crippen LogP contribution in [0.3, 0.4) is 0 Å². The summed E-state index contributed by atoms with van der Waals surface area (Å²) in [6.45, 7) is 5.36. The lowest BCUT2D eigenvalue weighted by molar-refractivity contribution is -0.120. The number of halogens is 1. The van der Waals surface area contributed by atoms with Crippen LogP contribution in [0.15, 0.2) is 48.5 Å². The van der Waals surface area contributed by atoms with Crippen LogP contribution < -0.4 is 5.32 Å². The van der Waals surface area contributed by atoms with Gasteiger partial charge in [0.05, 0.1) is 6.04 Å². The van der Waals surface area contributed by atoms with Gasteiger partial charge in [0.2, 0.25) is 5.91 Å². The van der Waals surface area contributed by atoms with E-state index in [1.165, 1.54) is 5.57 Å². The molecule has 1 aliphatic heterocycles. The fourth-order valence-electron chi connectivity index (χ4n) is 3.12. The minimum absolute atomic E-state index is 0.0307. The zero-order chi connectivity index (χ0) is 18.7. The highest BCUT2D eigenvalue weighted by Gasteiger charge is 2.24. The van der Waals surface area contributed by atoms with E-state index in [0.29, 0.717) is 5.02 Å². The molecule has 0 radical (unpaired) electrons. The molecule has 0 spiro atoms. The first-order valence-electron chi connectivity index (χ1n) is 8.74. The number of phenols is 1. The summed E-state index contributed by atoms with van der Waals surface area (Å²) in [4.78, 5) is 14.8. The quantitative estimate of drug-likeness (QED) is 0.834. The van der Waals surface area contributed by atoms with Gasteiger partial charge in [-0.3, -0.25) is 9.69 Å². The van der Waals surface area contributed by atoms with Crippen molar-refractivity contribution in [3.63, 3.8) is 0 Å². The summed E-state index contributed by atoms with van der Waals surface area (Å²) in [7, 11) is 0. The summed E-state index contributed by atoms with van der Waals surface area (Å²) < 4.78 is 0. The van der Waals surface area contributed by atoms with Crippen LogP contribution in [0.5, 0.6) is 5.75 Å². The number of rotatable bonds is 4. The molecule has 2 aromatic carbocycles. The smallest absolute Gasteiger partial charge is 0.241 e. The summed E-state index contributed by atoms with van der Waals surface area (Å²) in [5, 5.41) is 13.0. The number of hydrogen-bond donors (Lipinski definition) is 2. The van der Waals surface area contributed by atoms with Gasteiger partial charge < -0.3 is 10.4 Å². The Bertz CT molecular complexity index is 830. The Balaban J connectivity index is 1.64. The van der Waals surface area contributed by atoms with E-state index in [9.17, 15) is 9.90 Å². The highest BCUT2D eigenvalue weighted by atomic mass is 35.5. The van der Waals surface area contributed by atoms with Gasteiger partial charge in [0.15, 0.2) is 0 Å². The molecule has 0 bridgehead atoms. The molecule has 1 aliphatic rings. The molecular formula is C21H23ClN2O2. The minimum atomic E-state index is -0.231. The van der Waals surface area contributed by atoms with E-state index >= 15 is 0 Å². The standard InChI is InChI=1S/C21H23ClN2O2/c1-14-19(22)4-3-5-20(14)23-21(26)15(2)24-12-10-17(11-13-24)16-6-8-18(25)9-7-16/h3-10,15,25H,11-13H2,1-2H3,(H,23,26). The molecule has 4 nitrogen and oxygen atoms in total. The number of anilines is 1. The van der Waals surface area contributed by atoms with Gasteiger partial charge >= 0.3 is 0 Å². The lowest BCUT2D eigenvalue weighted by atomic mass is 9.98. The van der Waals surface area contributed by atoms with Crippen molar-refractivity contribution >= 4 is 28.8 Å². The van der Waals surface area contributed by atoms with Crippen LogP contribution in [-0.2, 0) is 4.79 Å². The number of carbonyl (C=O) groups is 1. The lowest BCUT2D eigenvalue weighted by Crippen LogP contribution is -2.44. The van der Waals surface area contributed by atoms with E-state index in [4.69, 9.17) is 11.6 Å². The van der Waals surface area contributed by atoms with Gasteiger partial charge in [-0.1, -0.05) is 35.9 Å². The van der Waals surface area contributed by atoms with E-state index < -0.39 is 0 Å². The molecule has 0 aromatic heterocycles. The van der Waals surface area contributed by atoms with Crippen LogP contribution in [0.25, 0.3) is 5.57 Å². The van der Waals surface area contributed by atoms with Gasteiger partial charge in [0, 0.05) is 23.8 Å². The van der Waals surface area contributed by atoms with Crippen molar-refractivity contribution in [3.8, 4) is 5.75 Å². The normalized spacial score (nSPS) is 16.0. The van der Waals surface area contributed by atoms with E-state index in [2.05, 4.69) is 16.3 Å². The number of amides is 1. The summed E-state index contributed by atoms with van der Waals surface area (Å²) >= 11 is 6.12. The Kier molecular flexibility index (Phi) is 5.64. The van der Waals surface area contributed by atoms with E-state index in [0.717, 1.165) is 36.3 Å². The molecule has 3 rings (SSSR count). The highest BCUT2D eigenvalue weighted by molar-refractivity contribution is 6.31. The third kappa shape index (κ3) is 4.09. The number of benzene rings is 2. The van der Waals surface area contributed by atoms with Crippen molar-refractivity contribution in [2.45, 2.75) is 26.3 Å². The van der Waals surface area contributed by atoms with Crippen molar-refractivity contribution in [3.05, 3.63) is 64.7 Å². The average molecular weight is 371 g/mol. The van der Waals surface area contributed by atoms with E-state index in [1.807, 2.05) is 44.2 Å². The van der Waals surface area contributed by atoms with Crippen molar-refractivity contribution < 1.29 is 9.90 Å². The Morgan fingerprint density at radius 2 is 1.96 bits per heavy atom. The van der Waals surface area contributed by atoms with Crippen LogP contribution in [0.1, 0.15) is 24.5 Å². The molecule has 1 heterocycles. The van der Waals surface area contributed by atoms with Gasteiger partial charge in [0.1, 0.15) is 5.75 Å². The molecule has 26 heavy (non-hydrogen) atoms. The van der Waals surface area contributed by atoms with Gasteiger partial charge in [-0.05, 0) is 61.2 Å². The fourth-order valence-corrected chi connectivity index (χ4v) is 3.29. The van der Waals surface area contributed by atoms with Crippen molar-refractivity contribution in [2.75, 3.05) is 18.4 Å². The summed E-state index contributed by atoms with van der Waals surface area (Å²) in [6, 6.07) is 12.5. The maximum atomic E-state index is 12.6. The maximum absolute atomic E-state index is 12.6. The Morgan fingerprint density at radius 3 is 2.62 bits per heavy atom. The molecule has 136 valence electrons. The number of hydrogen-bond acceptors (Lipinski definition) is 3. The summed E-state index contributed by atoms with van der Waals surface area (Å²) in [6.07, 6.45) is 3.03. The predicted molar refractivity (Wildman–Crippen MR) is 107 cm³/mol. The second-order valence-corrected chi connectivity index (χ2v) is 7.01. The molecule has 0 fully saturated rings. The third-order valence-corrected chi connectivity index (χ3v) is 5.34. The molecule has 1 amide bonds. The lowest BCUT2D eigenvalue weighted by Gasteiger charge is -2.31. The Morgan fingerprint density at radius 1 is 1.23 bits per heavy atom. The van der Waals surface area contributed by atoms with Crippen LogP contribution in [-0.4, -0.2) is 35.0 Å². The largest absolute Gasteiger partial charge is 0.508 e. The molecule has 1 unspecified atom stereocenters. The minimum Gasteiger partial charge on any atom is -0.508 e. The SMILES string of the molecule is Cc1c(Cl)cccc1NC(=O)C(C)N1CC=C(c2ccc(O)cc2)CC1. The van der Waals surface area contributed by atoms with Crippen LogP contribution in [0.2, 0.25) is 5.02 Å². The first kappa shape index (κ1) is 18.5. The van der Waals surface area contributed by atoms with Crippen LogP contribution in [0, 0.1) is 6.92 Å². The molecule has 2 aromatic rings. The zero-order valence-corrected chi connectivity index (χ0v) is 15.8. The summed E-state index contributed by atoms with van der Waals surface area (Å²) in [5.74, 6) is 0.241. The van der Waals surface area contributed by atoms with Gasteiger partial charge in [-0.15, -0.1) is 0 Å². The molecule has 5 heteroatoms. The van der Waals surface area contributed by atoms with E-state index in [-0.39, 0.29) is 17.7 Å². The molecule has 0 saturated heterocycles. The highest BCUT2D eigenvalue weighted by Crippen LogP contribution is 2.26. The van der Waals surface area contributed by atoms with Crippen molar-refractivity contribution in [1.82, 2.24) is 4.90 Å². The fraction of sp³-hybridized carbons (Fsp3) is 0.286. The maximum Gasteiger partial charge on any atom is 0.241 e. The molecule has 0 saturated carbocycles.